The highest BCUT2D eigenvalue weighted by molar-refractivity contribution is 7.98. The molecule has 0 saturated heterocycles. The van der Waals surface area contributed by atoms with Crippen molar-refractivity contribution in [3.8, 4) is 0 Å². The molecule has 1 N–H and O–H groups in total. The average molecular weight is 207 g/mol. The van der Waals surface area contributed by atoms with Crippen LogP contribution in [0.3, 0.4) is 0 Å². The van der Waals surface area contributed by atoms with Crippen LogP contribution in [0.15, 0.2) is 24.3 Å². The van der Waals surface area contributed by atoms with Crippen molar-refractivity contribution in [1.82, 2.24) is 5.32 Å². The minimum absolute atomic E-state index is 0.529. The number of hydrogen-bond acceptors (Lipinski definition) is 2. The van der Waals surface area contributed by atoms with Gasteiger partial charge >= 0.3 is 0 Å². The summed E-state index contributed by atoms with van der Waals surface area (Å²) in [4.78, 5) is 0. The standard InChI is InChI=1S/C12H17NS/c1-9-7-14-8-10-5-3-4-6-11(10)12(9)13-2/h3-6,9,12-13H,7-8H2,1-2H3. The molecule has 1 heterocycles. The Labute approximate surface area is 90.3 Å². The zero-order valence-electron chi connectivity index (χ0n) is 8.79. The molecule has 14 heavy (non-hydrogen) atoms. The SMILES string of the molecule is CNC1c2ccccc2CSCC1C. The van der Waals surface area contributed by atoms with Crippen molar-refractivity contribution in [2.24, 2.45) is 5.92 Å². The highest BCUT2D eigenvalue weighted by atomic mass is 32.2. The molecule has 1 aromatic rings. The molecule has 0 radical (unpaired) electrons. The zero-order chi connectivity index (χ0) is 9.97. The molecular formula is C12H17NS. The molecule has 0 saturated carbocycles. The quantitative estimate of drug-likeness (QED) is 0.760. The first-order chi connectivity index (χ1) is 6.83. The minimum atomic E-state index is 0.529. The van der Waals surface area contributed by atoms with E-state index in [1.165, 1.54) is 22.6 Å². The lowest BCUT2D eigenvalue weighted by Gasteiger charge is -2.22. The van der Waals surface area contributed by atoms with Gasteiger partial charge in [-0.1, -0.05) is 31.2 Å². The molecule has 76 valence electrons. The van der Waals surface area contributed by atoms with Crippen LogP contribution < -0.4 is 5.32 Å². The van der Waals surface area contributed by atoms with E-state index in [-0.39, 0.29) is 0 Å². The van der Waals surface area contributed by atoms with E-state index >= 15 is 0 Å². The third kappa shape index (κ3) is 1.82. The Hall–Kier alpha value is -0.470. The predicted molar refractivity (Wildman–Crippen MR) is 63.6 cm³/mol. The van der Waals surface area contributed by atoms with Crippen LogP contribution in [-0.2, 0) is 5.75 Å². The minimum Gasteiger partial charge on any atom is -0.313 e. The van der Waals surface area contributed by atoms with E-state index in [9.17, 15) is 0 Å². The first kappa shape index (κ1) is 10.1. The Bertz CT molecular complexity index is 311. The van der Waals surface area contributed by atoms with Gasteiger partial charge in [0.1, 0.15) is 0 Å². The number of nitrogens with one attached hydrogen (secondary N) is 1. The summed E-state index contributed by atoms with van der Waals surface area (Å²) in [5.74, 6) is 3.13. The Morgan fingerprint density at radius 3 is 2.93 bits per heavy atom. The fourth-order valence-electron chi connectivity index (χ4n) is 2.17. The summed E-state index contributed by atoms with van der Waals surface area (Å²) >= 11 is 2.05. The summed E-state index contributed by atoms with van der Waals surface area (Å²) in [6, 6.07) is 9.33. The van der Waals surface area contributed by atoms with Gasteiger partial charge < -0.3 is 5.32 Å². The van der Waals surface area contributed by atoms with Crippen molar-refractivity contribution in [3.63, 3.8) is 0 Å². The van der Waals surface area contributed by atoms with E-state index in [1.807, 2.05) is 11.8 Å². The summed E-state index contributed by atoms with van der Waals surface area (Å²) in [5.41, 5.74) is 2.99. The highest BCUT2D eigenvalue weighted by Gasteiger charge is 2.22. The molecule has 2 unspecified atom stereocenters. The average Bonchev–Trinajstić information content (AvgIpc) is 2.36. The molecule has 0 spiro atoms. The molecule has 1 nitrogen and oxygen atoms in total. The second kappa shape index (κ2) is 4.37. The van der Waals surface area contributed by atoms with Crippen LogP contribution in [0.25, 0.3) is 0 Å². The Kier molecular flexibility index (Phi) is 3.14. The highest BCUT2D eigenvalue weighted by Crippen LogP contribution is 2.33. The summed E-state index contributed by atoms with van der Waals surface area (Å²) < 4.78 is 0. The molecule has 1 aromatic carbocycles. The van der Waals surface area contributed by atoms with Gasteiger partial charge in [0.15, 0.2) is 0 Å². The molecule has 0 aliphatic carbocycles. The van der Waals surface area contributed by atoms with Gasteiger partial charge in [0.05, 0.1) is 0 Å². The van der Waals surface area contributed by atoms with Crippen molar-refractivity contribution in [2.75, 3.05) is 12.8 Å². The predicted octanol–water partition coefficient (Wildman–Crippen LogP) is 2.83. The fourth-order valence-corrected chi connectivity index (χ4v) is 3.33. The molecule has 2 atom stereocenters. The van der Waals surface area contributed by atoms with Crippen LogP contribution in [0.4, 0.5) is 0 Å². The smallest absolute Gasteiger partial charge is 0.0354 e. The summed E-state index contributed by atoms with van der Waals surface area (Å²) in [6.07, 6.45) is 0. The summed E-state index contributed by atoms with van der Waals surface area (Å²) in [5, 5.41) is 3.44. The Morgan fingerprint density at radius 2 is 2.14 bits per heavy atom. The van der Waals surface area contributed by atoms with Crippen LogP contribution in [0.2, 0.25) is 0 Å². The van der Waals surface area contributed by atoms with Crippen molar-refractivity contribution in [2.45, 2.75) is 18.7 Å². The zero-order valence-corrected chi connectivity index (χ0v) is 9.60. The van der Waals surface area contributed by atoms with Crippen molar-refractivity contribution in [1.29, 1.82) is 0 Å². The van der Waals surface area contributed by atoms with Gasteiger partial charge in [-0.05, 0) is 29.8 Å². The van der Waals surface area contributed by atoms with Crippen LogP contribution in [0, 0.1) is 5.92 Å². The first-order valence-electron chi connectivity index (χ1n) is 5.15. The monoisotopic (exact) mass is 207 g/mol. The normalized spacial score (nSPS) is 26.7. The lowest BCUT2D eigenvalue weighted by atomic mass is 9.93. The number of thioether (sulfide) groups is 1. The number of fused-ring (bicyclic) bond motifs is 1. The van der Waals surface area contributed by atoms with Gasteiger partial charge in [-0.25, -0.2) is 0 Å². The third-order valence-corrected chi connectivity index (χ3v) is 4.19. The number of benzene rings is 1. The first-order valence-corrected chi connectivity index (χ1v) is 6.31. The molecule has 1 aliphatic rings. The van der Waals surface area contributed by atoms with Gasteiger partial charge in [-0.15, -0.1) is 0 Å². The van der Waals surface area contributed by atoms with Gasteiger partial charge in [-0.2, -0.15) is 11.8 Å². The fraction of sp³-hybridized carbons (Fsp3) is 0.500. The maximum absolute atomic E-state index is 3.44. The molecule has 1 aliphatic heterocycles. The van der Waals surface area contributed by atoms with Crippen LogP contribution in [0.5, 0.6) is 0 Å². The second-order valence-electron chi connectivity index (χ2n) is 3.96. The molecular weight excluding hydrogens is 190 g/mol. The van der Waals surface area contributed by atoms with Crippen molar-refractivity contribution >= 4 is 11.8 Å². The van der Waals surface area contributed by atoms with Gasteiger partial charge in [0, 0.05) is 11.8 Å². The second-order valence-corrected chi connectivity index (χ2v) is 4.99. The van der Waals surface area contributed by atoms with Gasteiger partial charge in [0.2, 0.25) is 0 Å². The summed E-state index contributed by atoms with van der Waals surface area (Å²) in [7, 11) is 2.06. The lowest BCUT2D eigenvalue weighted by molar-refractivity contribution is 0.450. The molecule has 0 aromatic heterocycles. The van der Waals surface area contributed by atoms with Crippen LogP contribution >= 0.6 is 11.8 Å². The van der Waals surface area contributed by atoms with Crippen molar-refractivity contribution < 1.29 is 0 Å². The maximum atomic E-state index is 3.44. The topological polar surface area (TPSA) is 12.0 Å². The van der Waals surface area contributed by atoms with Crippen LogP contribution in [0.1, 0.15) is 24.1 Å². The van der Waals surface area contributed by atoms with E-state index in [0.717, 1.165) is 0 Å². The third-order valence-electron chi connectivity index (χ3n) is 2.91. The van der Waals surface area contributed by atoms with E-state index in [4.69, 9.17) is 0 Å². The molecule has 0 amide bonds. The number of rotatable bonds is 1. The maximum Gasteiger partial charge on any atom is 0.0354 e. The molecule has 0 fully saturated rings. The van der Waals surface area contributed by atoms with Gasteiger partial charge in [-0.3, -0.25) is 0 Å². The Morgan fingerprint density at radius 1 is 1.36 bits per heavy atom. The Balaban J connectivity index is 2.39. The summed E-state index contributed by atoms with van der Waals surface area (Å²) in [6.45, 7) is 2.33. The van der Waals surface area contributed by atoms with E-state index < -0.39 is 0 Å². The van der Waals surface area contributed by atoms with Gasteiger partial charge in [0.25, 0.3) is 0 Å². The lowest BCUT2D eigenvalue weighted by Crippen LogP contribution is -2.24. The largest absolute Gasteiger partial charge is 0.313 e. The van der Waals surface area contributed by atoms with Crippen LogP contribution in [-0.4, -0.2) is 12.8 Å². The van der Waals surface area contributed by atoms with E-state index in [1.54, 1.807) is 0 Å². The molecule has 0 bridgehead atoms. The van der Waals surface area contributed by atoms with E-state index in [2.05, 4.69) is 43.6 Å². The van der Waals surface area contributed by atoms with E-state index in [0.29, 0.717) is 12.0 Å². The van der Waals surface area contributed by atoms with Crippen molar-refractivity contribution in [3.05, 3.63) is 35.4 Å². The molecule has 2 heteroatoms. The molecule has 2 rings (SSSR count). The number of hydrogen-bond donors (Lipinski definition) is 1.